The van der Waals surface area contributed by atoms with E-state index in [0.29, 0.717) is 17.9 Å². The van der Waals surface area contributed by atoms with Crippen molar-refractivity contribution in [2.75, 3.05) is 5.73 Å². The lowest BCUT2D eigenvalue weighted by atomic mass is 10.1. The Morgan fingerprint density at radius 2 is 1.83 bits per heavy atom. The number of aromatic amines is 1. The number of nitrogens with two attached hydrogens (primary N) is 1. The molecule has 0 amide bonds. The molecule has 0 atom stereocenters. The quantitative estimate of drug-likeness (QED) is 0.724. The van der Waals surface area contributed by atoms with Gasteiger partial charge in [-0.1, -0.05) is 12.1 Å². The number of fused-ring (bicyclic) bond motifs is 1. The van der Waals surface area contributed by atoms with E-state index in [-0.39, 0.29) is 5.82 Å². The van der Waals surface area contributed by atoms with Crippen LogP contribution >= 0.6 is 0 Å². The minimum atomic E-state index is -0.238. The van der Waals surface area contributed by atoms with E-state index in [1.165, 1.54) is 12.1 Å². The number of nitrogens with one attached hydrogen (secondary N) is 1. The molecule has 0 unspecified atom stereocenters. The lowest BCUT2D eigenvalue weighted by molar-refractivity contribution is 0.627. The zero-order valence-electron chi connectivity index (χ0n) is 9.52. The van der Waals surface area contributed by atoms with Crippen LogP contribution in [0.25, 0.3) is 11.2 Å². The highest BCUT2D eigenvalue weighted by molar-refractivity contribution is 5.72. The molecule has 2 aromatic heterocycles. The molecule has 5 heteroatoms. The van der Waals surface area contributed by atoms with Crippen LogP contribution in [-0.4, -0.2) is 15.0 Å². The Kier molecular flexibility index (Phi) is 2.44. The number of benzene rings is 1. The van der Waals surface area contributed by atoms with Gasteiger partial charge in [0.2, 0.25) is 0 Å². The van der Waals surface area contributed by atoms with Gasteiger partial charge in [-0.15, -0.1) is 0 Å². The van der Waals surface area contributed by atoms with Crippen LogP contribution in [0.4, 0.5) is 10.2 Å². The smallest absolute Gasteiger partial charge is 0.179 e. The number of aromatic nitrogens is 3. The number of hydrogen-bond donors (Lipinski definition) is 2. The van der Waals surface area contributed by atoms with Gasteiger partial charge < -0.3 is 10.7 Å². The fourth-order valence-corrected chi connectivity index (χ4v) is 1.84. The molecule has 0 aliphatic heterocycles. The second-order valence-electron chi connectivity index (χ2n) is 4.09. The van der Waals surface area contributed by atoms with E-state index in [4.69, 9.17) is 5.73 Å². The summed E-state index contributed by atoms with van der Waals surface area (Å²) in [6, 6.07) is 9.93. The summed E-state index contributed by atoms with van der Waals surface area (Å²) < 4.78 is 12.8. The van der Waals surface area contributed by atoms with Crippen LogP contribution in [0, 0.1) is 5.82 Å². The van der Waals surface area contributed by atoms with Gasteiger partial charge in [-0.2, -0.15) is 0 Å². The Morgan fingerprint density at radius 1 is 1.06 bits per heavy atom. The van der Waals surface area contributed by atoms with E-state index in [1.54, 1.807) is 18.2 Å². The molecule has 0 aliphatic carbocycles. The molecule has 1 aromatic carbocycles. The van der Waals surface area contributed by atoms with Crippen LogP contribution in [0.3, 0.4) is 0 Å². The van der Waals surface area contributed by atoms with Crippen molar-refractivity contribution in [3.63, 3.8) is 0 Å². The van der Waals surface area contributed by atoms with Gasteiger partial charge >= 0.3 is 0 Å². The fraction of sp³-hybridized carbons (Fsp3) is 0.0769. The summed E-state index contributed by atoms with van der Waals surface area (Å²) in [5.74, 6) is 0.995. The Labute approximate surface area is 103 Å². The molecule has 3 aromatic rings. The fourth-order valence-electron chi connectivity index (χ4n) is 1.84. The number of halogens is 1. The Bertz CT molecular complexity index is 688. The normalized spacial score (nSPS) is 10.9. The van der Waals surface area contributed by atoms with Gasteiger partial charge in [0.05, 0.1) is 5.52 Å². The topological polar surface area (TPSA) is 67.6 Å². The molecule has 0 fully saturated rings. The van der Waals surface area contributed by atoms with Crippen LogP contribution in [0.5, 0.6) is 0 Å². The summed E-state index contributed by atoms with van der Waals surface area (Å²) in [5, 5.41) is 0. The predicted molar refractivity (Wildman–Crippen MR) is 67.5 cm³/mol. The summed E-state index contributed by atoms with van der Waals surface area (Å²) in [6.45, 7) is 0. The summed E-state index contributed by atoms with van der Waals surface area (Å²) in [5.41, 5.74) is 8.04. The van der Waals surface area contributed by atoms with Crippen LogP contribution in [0.2, 0.25) is 0 Å². The van der Waals surface area contributed by atoms with Gasteiger partial charge in [-0.3, -0.25) is 0 Å². The molecule has 0 saturated heterocycles. The van der Waals surface area contributed by atoms with E-state index in [0.717, 1.165) is 16.9 Å². The van der Waals surface area contributed by atoms with Gasteiger partial charge in [0.25, 0.3) is 0 Å². The van der Waals surface area contributed by atoms with Crippen LogP contribution in [0.15, 0.2) is 36.4 Å². The highest BCUT2D eigenvalue weighted by atomic mass is 19.1. The maximum absolute atomic E-state index is 12.8. The van der Waals surface area contributed by atoms with Crippen LogP contribution in [-0.2, 0) is 6.42 Å². The lowest BCUT2D eigenvalue weighted by Crippen LogP contribution is -1.91. The number of nitrogen functional groups attached to an aromatic ring is 1. The van der Waals surface area contributed by atoms with Gasteiger partial charge in [-0.25, -0.2) is 14.4 Å². The number of pyridine rings is 1. The number of rotatable bonds is 2. The van der Waals surface area contributed by atoms with Crippen molar-refractivity contribution < 1.29 is 4.39 Å². The van der Waals surface area contributed by atoms with Crippen molar-refractivity contribution >= 4 is 17.0 Å². The predicted octanol–water partition coefficient (Wildman–Crippen LogP) is 2.27. The van der Waals surface area contributed by atoms with Crippen molar-refractivity contribution in [2.45, 2.75) is 6.42 Å². The number of hydrogen-bond acceptors (Lipinski definition) is 3. The highest BCUT2D eigenvalue weighted by Gasteiger charge is 2.05. The molecule has 0 radical (unpaired) electrons. The summed E-state index contributed by atoms with van der Waals surface area (Å²) in [7, 11) is 0. The Balaban J connectivity index is 1.92. The van der Waals surface area contributed by atoms with Gasteiger partial charge in [0.15, 0.2) is 5.65 Å². The van der Waals surface area contributed by atoms with Crippen molar-refractivity contribution in [3.8, 4) is 0 Å². The van der Waals surface area contributed by atoms with Crippen molar-refractivity contribution in [1.29, 1.82) is 0 Å². The summed E-state index contributed by atoms with van der Waals surface area (Å²) in [6.07, 6.45) is 0.608. The molecule has 0 bridgehead atoms. The lowest BCUT2D eigenvalue weighted by Gasteiger charge is -1.97. The summed E-state index contributed by atoms with van der Waals surface area (Å²) in [4.78, 5) is 11.6. The molecular weight excluding hydrogens is 231 g/mol. The van der Waals surface area contributed by atoms with E-state index >= 15 is 0 Å². The first-order valence-electron chi connectivity index (χ1n) is 5.56. The minimum absolute atomic E-state index is 0.238. The third-order valence-corrected chi connectivity index (χ3v) is 2.70. The molecule has 90 valence electrons. The molecular formula is C13H11FN4. The molecule has 3 N–H and O–H groups in total. The largest absolute Gasteiger partial charge is 0.384 e. The monoisotopic (exact) mass is 242 g/mol. The van der Waals surface area contributed by atoms with Crippen molar-refractivity contribution in [1.82, 2.24) is 15.0 Å². The van der Waals surface area contributed by atoms with E-state index < -0.39 is 0 Å². The van der Waals surface area contributed by atoms with Crippen molar-refractivity contribution in [3.05, 3.63) is 53.6 Å². The third kappa shape index (κ3) is 2.02. The zero-order chi connectivity index (χ0) is 12.5. The average Bonchev–Trinajstić information content (AvgIpc) is 2.73. The molecule has 2 heterocycles. The first-order valence-corrected chi connectivity index (χ1v) is 5.56. The first kappa shape index (κ1) is 10.7. The van der Waals surface area contributed by atoms with E-state index in [2.05, 4.69) is 15.0 Å². The SMILES string of the molecule is Nc1ccc2[nH]c(Cc3ccc(F)cc3)nc2n1. The van der Waals surface area contributed by atoms with E-state index in [1.807, 2.05) is 6.07 Å². The Morgan fingerprint density at radius 3 is 2.61 bits per heavy atom. The highest BCUT2D eigenvalue weighted by Crippen LogP contribution is 2.14. The van der Waals surface area contributed by atoms with Crippen LogP contribution in [0.1, 0.15) is 11.4 Å². The number of H-pyrrole nitrogens is 1. The number of nitrogens with zero attached hydrogens (tertiary/aromatic N) is 2. The zero-order valence-corrected chi connectivity index (χ0v) is 9.52. The average molecular weight is 242 g/mol. The van der Waals surface area contributed by atoms with Gasteiger partial charge in [0.1, 0.15) is 17.5 Å². The number of imidazole rings is 1. The molecule has 4 nitrogen and oxygen atoms in total. The first-order chi connectivity index (χ1) is 8.70. The Hall–Kier alpha value is -2.43. The maximum Gasteiger partial charge on any atom is 0.179 e. The molecule has 0 saturated carbocycles. The van der Waals surface area contributed by atoms with Gasteiger partial charge in [0, 0.05) is 6.42 Å². The van der Waals surface area contributed by atoms with E-state index in [9.17, 15) is 4.39 Å². The molecule has 3 rings (SSSR count). The van der Waals surface area contributed by atoms with Crippen molar-refractivity contribution in [2.24, 2.45) is 0 Å². The number of anilines is 1. The molecule has 0 aliphatic rings. The maximum atomic E-state index is 12.8. The van der Waals surface area contributed by atoms with Crippen LogP contribution < -0.4 is 5.73 Å². The minimum Gasteiger partial charge on any atom is -0.384 e. The second kappa shape index (κ2) is 4.10. The standard InChI is InChI=1S/C13H11FN4/c14-9-3-1-8(2-4-9)7-12-16-10-5-6-11(15)17-13(10)18-12/h1-6H,7H2,(H3,15,16,17,18). The molecule has 0 spiro atoms. The summed E-state index contributed by atoms with van der Waals surface area (Å²) >= 11 is 0. The third-order valence-electron chi connectivity index (χ3n) is 2.70. The molecule has 18 heavy (non-hydrogen) atoms. The second-order valence-corrected chi connectivity index (χ2v) is 4.09. The van der Waals surface area contributed by atoms with Gasteiger partial charge in [-0.05, 0) is 29.8 Å².